The van der Waals surface area contributed by atoms with Gasteiger partial charge in [-0.1, -0.05) is 12.1 Å². The van der Waals surface area contributed by atoms with Crippen LogP contribution in [0.15, 0.2) is 47.7 Å². The van der Waals surface area contributed by atoms with Crippen LogP contribution in [-0.4, -0.2) is 27.6 Å². The molecule has 0 unspecified atom stereocenters. The van der Waals surface area contributed by atoms with Crippen molar-refractivity contribution in [3.63, 3.8) is 0 Å². The second kappa shape index (κ2) is 7.87. The lowest BCUT2D eigenvalue weighted by Crippen LogP contribution is -2.21. The number of carbonyl (C=O) groups excluding carboxylic acids is 2. The largest absolute Gasteiger partial charge is 0.507 e. The number of aryl methyl sites for hydroxylation is 1. The summed E-state index contributed by atoms with van der Waals surface area (Å²) in [6.07, 6.45) is 1.62. The van der Waals surface area contributed by atoms with E-state index < -0.39 is 5.91 Å². The number of nitrogens with one attached hydrogen (secondary N) is 2. The van der Waals surface area contributed by atoms with Crippen molar-refractivity contribution in [1.29, 1.82) is 0 Å². The third-order valence-electron chi connectivity index (χ3n) is 3.10. The number of amides is 2. The molecule has 1 heterocycles. The molecule has 124 valence electrons. The van der Waals surface area contributed by atoms with Crippen LogP contribution in [0.4, 0.5) is 5.82 Å². The molecule has 2 aromatic rings. The van der Waals surface area contributed by atoms with Gasteiger partial charge in [-0.15, -0.1) is 0 Å². The van der Waals surface area contributed by atoms with Crippen molar-refractivity contribution in [1.82, 2.24) is 10.4 Å². The summed E-state index contributed by atoms with van der Waals surface area (Å²) < 4.78 is 0. The number of benzene rings is 1. The molecule has 0 saturated heterocycles. The molecule has 3 N–H and O–H groups in total. The number of phenolic OH excluding ortho intramolecular Hbond substituents is 1. The number of rotatable bonds is 5. The smallest absolute Gasteiger partial charge is 0.275 e. The van der Waals surface area contributed by atoms with E-state index in [9.17, 15) is 14.7 Å². The highest BCUT2D eigenvalue weighted by Gasteiger charge is 2.10. The van der Waals surface area contributed by atoms with Crippen molar-refractivity contribution >= 4 is 23.3 Å². The van der Waals surface area contributed by atoms with Gasteiger partial charge in [0.1, 0.15) is 11.6 Å². The average molecular weight is 326 g/mol. The number of anilines is 1. The maximum atomic E-state index is 11.9. The van der Waals surface area contributed by atoms with E-state index in [1.807, 2.05) is 13.0 Å². The van der Waals surface area contributed by atoms with Crippen molar-refractivity contribution < 1.29 is 14.7 Å². The third kappa shape index (κ3) is 4.91. The molecule has 0 radical (unpaired) electrons. The fourth-order valence-corrected chi connectivity index (χ4v) is 1.94. The number of nitrogens with zero attached hydrogens (tertiary/aromatic N) is 2. The van der Waals surface area contributed by atoms with E-state index in [1.54, 1.807) is 31.3 Å². The Kier molecular flexibility index (Phi) is 5.62. The average Bonchev–Trinajstić information content (AvgIpc) is 2.53. The zero-order valence-electron chi connectivity index (χ0n) is 13.4. The maximum Gasteiger partial charge on any atom is 0.275 e. The summed E-state index contributed by atoms with van der Waals surface area (Å²) in [5.41, 5.74) is 3.83. The second-order valence-corrected chi connectivity index (χ2v) is 5.25. The molecule has 0 aliphatic heterocycles. The number of hydrogen-bond acceptors (Lipinski definition) is 5. The maximum absolute atomic E-state index is 11.9. The monoisotopic (exact) mass is 326 g/mol. The number of hydrogen-bond donors (Lipinski definition) is 3. The van der Waals surface area contributed by atoms with Crippen LogP contribution >= 0.6 is 0 Å². The Morgan fingerprint density at radius 1 is 1.25 bits per heavy atom. The molecule has 0 bridgehead atoms. The fourth-order valence-electron chi connectivity index (χ4n) is 1.94. The van der Waals surface area contributed by atoms with Crippen LogP contribution in [0.1, 0.15) is 29.3 Å². The summed E-state index contributed by atoms with van der Waals surface area (Å²) in [5.74, 6) is -0.503. The summed E-state index contributed by atoms with van der Waals surface area (Å²) in [6.45, 7) is 3.52. The molecule has 2 rings (SSSR count). The van der Waals surface area contributed by atoms with Crippen LogP contribution in [0.3, 0.4) is 0 Å². The van der Waals surface area contributed by atoms with Crippen LogP contribution in [0.5, 0.6) is 5.75 Å². The molecule has 1 aromatic heterocycles. The van der Waals surface area contributed by atoms with Crippen molar-refractivity contribution in [2.24, 2.45) is 5.10 Å². The van der Waals surface area contributed by atoms with E-state index in [-0.39, 0.29) is 23.6 Å². The number of hydrazone groups is 1. The highest BCUT2D eigenvalue weighted by atomic mass is 16.3. The minimum absolute atomic E-state index is 0.0106. The highest BCUT2D eigenvalue weighted by molar-refractivity contribution is 6.06. The van der Waals surface area contributed by atoms with E-state index in [4.69, 9.17) is 0 Å². The zero-order chi connectivity index (χ0) is 17.5. The van der Waals surface area contributed by atoms with Gasteiger partial charge in [0.25, 0.3) is 5.91 Å². The minimum atomic E-state index is -0.548. The molecule has 0 aliphatic carbocycles. The molecular formula is C17H18N4O3. The highest BCUT2D eigenvalue weighted by Crippen LogP contribution is 2.14. The summed E-state index contributed by atoms with van der Waals surface area (Å²) >= 11 is 0. The SMILES string of the molecule is CC(CC(=O)Nc1cc(C)ccn1)=NNC(=O)c1ccccc1O. The van der Waals surface area contributed by atoms with Gasteiger partial charge in [-0.3, -0.25) is 9.59 Å². The van der Waals surface area contributed by atoms with Gasteiger partial charge < -0.3 is 10.4 Å². The van der Waals surface area contributed by atoms with Gasteiger partial charge >= 0.3 is 0 Å². The zero-order valence-corrected chi connectivity index (χ0v) is 13.4. The van der Waals surface area contributed by atoms with E-state index in [0.29, 0.717) is 11.5 Å². The molecule has 0 saturated carbocycles. The van der Waals surface area contributed by atoms with Crippen molar-refractivity contribution in [3.05, 3.63) is 53.7 Å². The lowest BCUT2D eigenvalue weighted by molar-refractivity contribution is -0.115. The number of aromatic hydroxyl groups is 1. The van der Waals surface area contributed by atoms with Crippen LogP contribution in [0.25, 0.3) is 0 Å². The number of carbonyl (C=O) groups is 2. The lowest BCUT2D eigenvalue weighted by Gasteiger charge is -2.06. The van der Waals surface area contributed by atoms with Gasteiger partial charge in [0, 0.05) is 11.9 Å². The van der Waals surface area contributed by atoms with E-state index in [0.717, 1.165) is 5.56 Å². The minimum Gasteiger partial charge on any atom is -0.507 e. The first kappa shape index (κ1) is 17.1. The predicted octanol–water partition coefficient (Wildman–Crippen LogP) is 2.23. The number of para-hydroxylation sites is 1. The Morgan fingerprint density at radius 2 is 2.00 bits per heavy atom. The van der Waals surface area contributed by atoms with Gasteiger partial charge in [-0.05, 0) is 43.7 Å². The quantitative estimate of drug-likeness (QED) is 0.579. The van der Waals surface area contributed by atoms with Crippen LogP contribution < -0.4 is 10.7 Å². The molecule has 24 heavy (non-hydrogen) atoms. The Morgan fingerprint density at radius 3 is 2.71 bits per heavy atom. The van der Waals surface area contributed by atoms with Gasteiger partial charge in [0.05, 0.1) is 12.0 Å². The van der Waals surface area contributed by atoms with Gasteiger partial charge in [0.2, 0.25) is 5.91 Å². The first-order valence-electron chi connectivity index (χ1n) is 7.29. The van der Waals surface area contributed by atoms with Gasteiger partial charge in [-0.25, -0.2) is 10.4 Å². The van der Waals surface area contributed by atoms with Crippen LogP contribution in [0, 0.1) is 6.92 Å². The Bertz CT molecular complexity index is 787. The topological polar surface area (TPSA) is 104 Å². The van der Waals surface area contributed by atoms with E-state index >= 15 is 0 Å². The van der Waals surface area contributed by atoms with Crippen molar-refractivity contribution in [2.45, 2.75) is 20.3 Å². The summed E-state index contributed by atoms with van der Waals surface area (Å²) in [5, 5.41) is 16.1. The predicted molar refractivity (Wildman–Crippen MR) is 90.9 cm³/mol. The molecule has 0 spiro atoms. The normalized spacial score (nSPS) is 11.0. The standard InChI is InChI=1S/C17H18N4O3/c1-11-7-8-18-15(9-11)19-16(23)10-12(2)20-21-17(24)13-5-3-4-6-14(13)22/h3-9,22H,10H2,1-2H3,(H,21,24)(H,18,19,23). The summed E-state index contributed by atoms with van der Waals surface area (Å²) in [6, 6.07) is 9.72. The number of aromatic nitrogens is 1. The molecule has 0 aliphatic rings. The van der Waals surface area contributed by atoms with Crippen molar-refractivity contribution in [3.8, 4) is 5.75 Å². The molecule has 1 aromatic carbocycles. The molecule has 0 fully saturated rings. The molecular weight excluding hydrogens is 308 g/mol. The fraction of sp³-hybridized carbons (Fsp3) is 0.176. The first-order valence-corrected chi connectivity index (χ1v) is 7.29. The lowest BCUT2D eigenvalue weighted by atomic mass is 10.2. The van der Waals surface area contributed by atoms with Crippen LogP contribution in [-0.2, 0) is 4.79 Å². The van der Waals surface area contributed by atoms with Crippen molar-refractivity contribution in [2.75, 3.05) is 5.32 Å². The Labute approximate surface area is 139 Å². The first-order chi connectivity index (χ1) is 11.5. The second-order valence-electron chi connectivity index (χ2n) is 5.25. The summed E-state index contributed by atoms with van der Waals surface area (Å²) in [4.78, 5) is 27.9. The van der Waals surface area contributed by atoms with E-state index in [1.165, 1.54) is 12.1 Å². The Balaban J connectivity index is 1.90. The van der Waals surface area contributed by atoms with Gasteiger partial charge in [-0.2, -0.15) is 5.10 Å². The Hall–Kier alpha value is -3.22. The number of phenols is 1. The molecule has 7 nitrogen and oxygen atoms in total. The molecule has 0 atom stereocenters. The van der Waals surface area contributed by atoms with E-state index in [2.05, 4.69) is 20.8 Å². The molecule has 2 amide bonds. The third-order valence-corrected chi connectivity index (χ3v) is 3.10. The van der Waals surface area contributed by atoms with Gasteiger partial charge in [0.15, 0.2) is 0 Å². The number of pyridine rings is 1. The van der Waals surface area contributed by atoms with Crippen LogP contribution in [0.2, 0.25) is 0 Å². The summed E-state index contributed by atoms with van der Waals surface area (Å²) in [7, 11) is 0. The molecule has 7 heteroatoms.